The van der Waals surface area contributed by atoms with E-state index in [1.54, 1.807) is 60.4 Å². The van der Waals surface area contributed by atoms with Crippen LogP contribution in [0.4, 0.5) is 17.1 Å². The summed E-state index contributed by atoms with van der Waals surface area (Å²) in [6, 6.07) is 13.9. The summed E-state index contributed by atoms with van der Waals surface area (Å²) in [6.45, 7) is 2.11. The third kappa shape index (κ3) is 4.65. The molecule has 1 unspecified atom stereocenters. The van der Waals surface area contributed by atoms with Crippen molar-refractivity contribution in [2.24, 2.45) is 5.92 Å². The molecule has 1 aliphatic rings. The highest BCUT2D eigenvalue weighted by Gasteiger charge is 2.35. The van der Waals surface area contributed by atoms with Gasteiger partial charge in [-0.2, -0.15) is 0 Å². The van der Waals surface area contributed by atoms with Crippen LogP contribution >= 0.6 is 11.6 Å². The lowest BCUT2D eigenvalue weighted by atomic mass is 10.1. The van der Waals surface area contributed by atoms with Crippen LogP contribution in [0.15, 0.2) is 48.5 Å². The molecule has 27 heavy (non-hydrogen) atoms. The molecule has 1 heterocycles. The summed E-state index contributed by atoms with van der Waals surface area (Å²) < 4.78 is 0. The van der Waals surface area contributed by atoms with Crippen LogP contribution in [0.3, 0.4) is 0 Å². The first kappa shape index (κ1) is 18.9. The Balaban J connectivity index is 1.60. The highest BCUT2D eigenvalue weighted by Crippen LogP contribution is 2.27. The molecule has 2 N–H and O–H groups in total. The fraction of sp³-hybridized carbons (Fsp3) is 0.250. The van der Waals surface area contributed by atoms with Gasteiger partial charge in [-0.1, -0.05) is 18.5 Å². The molecule has 1 saturated heterocycles. The van der Waals surface area contributed by atoms with Gasteiger partial charge in [-0.25, -0.2) is 0 Å². The Bertz CT molecular complexity index is 850. The minimum atomic E-state index is -0.423. The number of hydrogen-bond donors (Lipinski definition) is 2. The highest BCUT2D eigenvalue weighted by molar-refractivity contribution is 6.30. The van der Waals surface area contributed by atoms with Crippen LogP contribution in [0.5, 0.6) is 0 Å². The SMILES string of the molecule is CCC(=O)Nc1ccc(NC(=O)C2CC(=O)N(c3ccc(Cl)cc3)C2)cc1. The van der Waals surface area contributed by atoms with Gasteiger partial charge in [0, 0.05) is 41.5 Å². The molecule has 3 rings (SSSR count). The van der Waals surface area contributed by atoms with Crippen molar-refractivity contribution in [2.75, 3.05) is 22.1 Å². The van der Waals surface area contributed by atoms with Crippen molar-refractivity contribution in [3.05, 3.63) is 53.6 Å². The second kappa shape index (κ2) is 8.22. The smallest absolute Gasteiger partial charge is 0.229 e. The lowest BCUT2D eigenvalue weighted by Crippen LogP contribution is -2.28. The number of carbonyl (C=O) groups excluding carboxylic acids is 3. The van der Waals surface area contributed by atoms with Crippen molar-refractivity contribution < 1.29 is 14.4 Å². The molecule has 0 aromatic heterocycles. The number of halogens is 1. The number of nitrogens with zero attached hydrogens (tertiary/aromatic N) is 1. The Labute approximate surface area is 162 Å². The lowest BCUT2D eigenvalue weighted by Gasteiger charge is -2.17. The second-order valence-corrected chi connectivity index (χ2v) is 6.79. The summed E-state index contributed by atoms with van der Waals surface area (Å²) in [5.74, 6) is -0.786. The molecule has 7 heteroatoms. The monoisotopic (exact) mass is 385 g/mol. The van der Waals surface area contributed by atoms with E-state index in [2.05, 4.69) is 10.6 Å². The fourth-order valence-corrected chi connectivity index (χ4v) is 3.01. The van der Waals surface area contributed by atoms with Crippen LogP contribution in [0.1, 0.15) is 19.8 Å². The van der Waals surface area contributed by atoms with E-state index in [4.69, 9.17) is 11.6 Å². The normalized spacial score (nSPS) is 16.3. The molecule has 1 atom stereocenters. The number of anilines is 3. The van der Waals surface area contributed by atoms with Crippen LogP contribution in [-0.4, -0.2) is 24.3 Å². The van der Waals surface area contributed by atoms with Gasteiger partial charge in [0.25, 0.3) is 0 Å². The predicted molar refractivity (Wildman–Crippen MR) is 106 cm³/mol. The largest absolute Gasteiger partial charge is 0.326 e. The fourth-order valence-electron chi connectivity index (χ4n) is 2.88. The van der Waals surface area contributed by atoms with E-state index in [0.717, 1.165) is 5.69 Å². The predicted octanol–water partition coefficient (Wildman–Crippen LogP) is 3.68. The van der Waals surface area contributed by atoms with Gasteiger partial charge in [0.15, 0.2) is 0 Å². The zero-order chi connectivity index (χ0) is 19.4. The van der Waals surface area contributed by atoms with Gasteiger partial charge < -0.3 is 15.5 Å². The number of amides is 3. The molecule has 0 spiro atoms. The minimum absolute atomic E-state index is 0.0708. The molecule has 3 amide bonds. The average Bonchev–Trinajstić information content (AvgIpc) is 3.06. The van der Waals surface area contributed by atoms with Crippen LogP contribution in [-0.2, 0) is 14.4 Å². The van der Waals surface area contributed by atoms with E-state index in [0.29, 0.717) is 29.4 Å². The Morgan fingerprint density at radius 1 is 1.04 bits per heavy atom. The molecular formula is C20H20ClN3O3. The summed E-state index contributed by atoms with van der Waals surface area (Å²) in [6.07, 6.45) is 0.567. The summed E-state index contributed by atoms with van der Waals surface area (Å²) in [7, 11) is 0. The third-order valence-electron chi connectivity index (χ3n) is 4.39. The molecule has 1 fully saturated rings. The van der Waals surface area contributed by atoms with Gasteiger partial charge >= 0.3 is 0 Å². The van der Waals surface area contributed by atoms with Gasteiger partial charge in [0.2, 0.25) is 17.7 Å². The quantitative estimate of drug-likeness (QED) is 0.824. The number of rotatable bonds is 5. The second-order valence-electron chi connectivity index (χ2n) is 6.35. The molecule has 2 aromatic rings. The van der Waals surface area contributed by atoms with Gasteiger partial charge in [0.05, 0.1) is 5.92 Å². The van der Waals surface area contributed by atoms with Crippen molar-refractivity contribution in [3.8, 4) is 0 Å². The molecule has 0 aliphatic carbocycles. The number of nitrogens with one attached hydrogen (secondary N) is 2. The van der Waals surface area contributed by atoms with Gasteiger partial charge in [-0.3, -0.25) is 14.4 Å². The van der Waals surface area contributed by atoms with Crippen molar-refractivity contribution in [1.29, 1.82) is 0 Å². The van der Waals surface area contributed by atoms with E-state index >= 15 is 0 Å². The summed E-state index contributed by atoms with van der Waals surface area (Å²) >= 11 is 5.88. The summed E-state index contributed by atoms with van der Waals surface area (Å²) in [4.78, 5) is 37.8. The van der Waals surface area contributed by atoms with Crippen LogP contribution in [0.2, 0.25) is 5.02 Å². The van der Waals surface area contributed by atoms with Gasteiger partial charge in [-0.15, -0.1) is 0 Å². The maximum absolute atomic E-state index is 12.5. The maximum Gasteiger partial charge on any atom is 0.229 e. The van der Waals surface area contributed by atoms with E-state index in [9.17, 15) is 14.4 Å². The van der Waals surface area contributed by atoms with E-state index in [-0.39, 0.29) is 24.1 Å². The Morgan fingerprint density at radius 3 is 2.22 bits per heavy atom. The first-order valence-corrected chi connectivity index (χ1v) is 9.10. The number of carbonyl (C=O) groups is 3. The first-order chi connectivity index (χ1) is 13.0. The first-order valence-electron chi connectivity index (χ1n) is 8.73. The highest BCUT2D eigenvalue weighted by atomic mass is 35.5. The van der Waals surface area contributed by atoms with Gasteiger partial charge in [0.1, 0.15) is 0 Å². The van der Waals surface area contributed by atoms with E-state index in [1.807, 2.05) is 0 Å². The minimum Gasteiger partial charge on any atom is -0.326 e. The molecular weight excluding hydrogens is 366 g/mol. The third-order valence-corrected chi connectivity index (χ3v) is 4.64. The Morgan fingerprint density at radius 2 is 1.63 bits per heavy atom. The van der Waals surface area contributed by atoms with Crippen LogP contribution < -0.4 is 15.5 Å². The molecule has 1 aliphatic heterocycles. The standard InChI is InChI=1S/C20H20ClN3O3/c1-2-18(25)22-15-5-7-16(8-6-15)23-20(27)13-11-19(26)24(12-13)17-9-3-14(21)4-10-17/h3-10,13H,2,11-12H2,1H3,(H,22,25)(H,23,27). The number of hydrogen-bond acceptors (Lipinski definition) is 3. The van der Waals surface area contributed by atoms with Crippen LogP contribution in [0.25, 0.3) is 0 Å². The summed E-state index contributed by atoms with van der Waals surface area (Å²) in [5.41, 5.74) is 2.02. The Kier molecular flexibility index (Phi) is 5.76. The molecule has 0 radical (unpaired) electrons. The molecule has 0 saturated carbocycles. The van der Waals surface area contributed by atoms with Crippen LogP contribution in [0, 0.1) is 5.92 Å². The summed E-state index contributed by atoms with van der Waals surface area (Å²) in [5, 5.41) is 6.17. The molecule has 6 nitrogen and oxygen atoms in total. The van der Waals surface area contributed by atoms with Crippen molar-refractivity contribution in [2.45, 2.75) is 19.8 Å². The average molecular weight is 386 g/mol. The maximum atomic E-state index is 12.5. The number of benzene rings is 2. The topological polar surface area (TPSA) is 78.5 Å². The zero-order valence-electron chi connectivity index (χ0n) is 14.9. The zero-order valence-corrected chi connectivity index (χ0v) is 15.6. The van der Waals surface area contributed by atoms with E-state index in [1.165, 1.54) is 0 Å². The lowest BCUT2D eigenvalue weighted by molar-refractivity contribution is -0.122. The van der Waals surface area contributed by atoms with E-state index < -0.39 is 5.92 Å². The molecule has 140 valence electrons. The van der Waals surface area contributed by atoms with Crippen molar-refractivity contribution in [3.63, 3.8) is 0 Å². The Hall–Kier alpha value is -2.86. The van der Waals surface area contributed by atoms with Crippen molar-refractivity contribution >= 4 is 46.4 Å². The molecule has 0 bridgehead atoms. The van der Waals surface area contributed by atoms with Gasteiger partial charge in [-0.05, 0) is 48.5 Å². The molecule has 2 aromatic carbocycles. The van der Waals surface area contributed by atoms with Crippen molar-refractivity contribution in [1.82, 2.24) is 0 Å².